The molecule has 2 aromatic carbocycles. The van der Waals surface area contributed by atoms with Gasteiger partial charge in [-0.1, -0.05) is 12.1 Å². The highest BCUT2D eigenvalue weighted by atomic mass is 32.2. The summed E-state index contributed by atoms with van der Waals surface area (Å²) in [5, 5.41) is 1.86. The number of carbonyl (C=O) groups excluding carboxylic acids is 1. The lowest BCUT2D eigenvalue weighted by Gasteiger charge is -2.19. The summed E-state index contributed by atoms with van der Waals surface area (Å²) < 4.78 is 39.3. The number of ether oxygens (including phenoxy) is 2. The number of nitrogens with one attached hydrogen (secondary N) is 1. The number of hydrogen-bond acceptors (Lipinski definition) is 6. The van der Waals surface area contributed by atoms with Gasteiger partial charge in [0, 0.05) is 18.3 Å². The standard InChI is InChI=1S/C21H18N2O5S2/c24-21(20-2-1-11-29-20)23-8-7-14-3-4-15(12-17(14)23)22-30(25,26)16-5-6-18-19(13-16)28-10-9-27-18/h1-6,11-13,22H,7-10H2. The van der Waals surface area contributed by atoms with E-state index in [1.807, 2.05) is 17.5 Å². The second-order valence-electron chi connectivity index (χ2n) is 6.94. The van der Waals surface area contributed by atoms with Crippen molar-refractivity contribution in [3.05, 3.63) is 64.4 Å². The first-order chi connectivity index (χ1) is 14.5. The lowest BCUT2D eigenvalue weighted by Crippen LogP contribution is -2.28. The Morgan fingerprint density at radius 2 is 1.87 bits per heavy atom. The highest BCUT2D eigenvalue weighted by Crippen LogP contribution is 2.35. The molecule has 0 atom stereocenters. The molecule has 0 aliphatic carbocycles. The van der Waals surface area contributed by atoms with Crippen molar-refractivity contribution in [2.24, 2.45) is 0 Å². The van der Waals surface area contributed by atoms with Gasteiger partial charge in [0.15, 0.2) is 11.5 Å². The second kappa shape index (κ2) is 7.33. The van der Waals surface area contributed by atoms with Crippen LogP contribution in [0.25, 0.3) is 0 Å². The van der Waals surface area contributed by atoms with Gasteiger partial charge in [0.25, 0.3) is 15.9 Å². The number of benzene rings is 2. The third kappa shape index (κ3) is 3.40. The molecule has 30 heavy (non-hydrogen) atoms. The zero-order valence-corrected chi connectivity index (χ0v) is 17.5. The minimum atomic E-state index is -3.83. The van der Waals surface area contributed by atoms with Gasteiger partial charge in [-0.15, -0.1) is 11.3 Å². The van der Waals surface area contributed by atoms with Crippen LogP contribution in [0.4, 0.5) is 11.4 Å². The third-order valence-corrected chi connectivity index (χ3v) is 7.27. The summed E-state index contributed by atoms with van der Waals surface area (Å²) >= 11 is 1.39. The van der Waals surface area contributed by atoms with E-state index in [1.54, 1.807) is 29.2 Å². The van der Waals surface area contributed by atoms with Gasteiger partial charge in [0.1, 0.15) is 13.2 Å². The average molecular weight is 443 g/mol. The van der Waals surface area contributed by atoms with Crippen LogP contribution < -0.4 is 19.1 Å². The van der Waals surface area contributed by atoms with Gasteiger partial charge in [0.05, 0.1) is 15.5 Å². The van der Waals surface area contributed by atoms with Gasteiger partial charge in [-0.2, -0.15) is 0 Å². The Labute approximate surface area is 177 Å². The fourth-order valence-electron chi connectivity index (χ4n) is 3.59. The number of rotatable bonds is 4. The number of hydrogen-bond donors (Lipinski definition) is 1. The fourth-order valence-corrected chi connectivity index (χ4v) is 5.33. The summed E-state index contributed by atoms with van der Waals surface area (Å²) in [7, 11) is -3.83. The van der Waals surface area contributed by atoms with Gasteiger partial charge >= 0.3 is 0 Å². The van der Waals surface area contributed by atoms with Gasteiger partial charge in [-0.3, -0.25) is 9.52 Å². The quantitative estimate of drug-likeness (QED) is 0.668. The molecule has 5 rings (SSSR count). The Balaban J connectivity index is 1.42. The summed E-state index contributed by atoms with van der Waals surface area (Å²) in [5.41, 5.74) is 2.15. The summed E-state index contributed by atoms with van der Waals surface area (Å²) in [6.45, 7) is 1.39. The molecule has 3 heterocycles. The first-order valence-electron chi connectivity index (χ1n) is 9.42. The van der Waals surface area contributed by atoms with Crippen LogP contribution in [0.5, 0.6) is 11.5 Å². The highest BCUT2D eigenvalue weighted by Gasteiger charge is 2.27. The lowest BCUT2D eigenvalue weighted by molar-refractivity contribution is 0.0993. The van der Waals surface area contributed by atoms with Crippen LogP contribution >= 0.6 is 11.3 Å². The Kier molecular flexibility index (Phi) is 4.63. The van der Waals surface area contributed by atoms with Crippen molar-refractivity contribution in [1.29, 1.82) is 0 Å². The van der Waals surface area contributed by atoms with E-state index in [-0.39, 0.29) is 10.8 Å². The largest absolute Gasteiger partial charge is 0.486 e. The maximum Gasteiger partial charge on any atom is 0.268 e. The summed E-state index contributed by atoms with van der Waals surface area (Å²) in [6, 6.07) is 13.4. The third-order valence-electron chi connectivity index (χ3n) is 5.03. The Hall–Kier alpha value is -3.04. The molecule has 0 radical (unpaired) electrons. The van der Waals surface area contributed by atoms with E-state index in [0.29, 0.717) is 41.8 Å². The van der Waals surface area contributed by atoms with Crippen molar-refractivity contribution < 1.29 is 22.7 Å². The van der Waals surface area contributed by atoms with Gasteiger partial charge in [-0.25, -0.2) is 8.42 Å². The molecule has 0 saturated carbocycles. The molecule has 0 saturated heterocycles. The molecule has 0 fully saturated rings. The van der Waals surface area contributed by atoms with Crippen molar-refractivity contribution in [2.45, 2.75) is 11.3 Å². The highest BCUT2D eigenvalue weighted by molar-refractivity contribution is 7.92. The summed E-state index contributed by atoms with van der Waals surface area (Å²) in [5.74, 6) is 0.863. The van der Waals surface area contributed by atoms with Crippen molar-refractivity contribution in [2.75, 3.05) is 29.4 Å². The molecule has 1 amide bonds. The molecule has 9 heteroatoms. The predicted molar refractivity (Wildman–Crippen MR) is 114 cm³/mol. The van der Waals surface area contributed by atoms with Crippen LogP contribution in [0, 0.1) is 0 Å². The number of sulfonamides is 1. The van der Waals surface area contributed by atoms with E-state index in [1.165, 1.54) is 23.5 Å². The average Bonchev–Trinajstić information content (AvgIpc) is 3.43. The predicted octanol–water partition coefficient (Wildman–Crippen LogP) is 3.52. The van der Waals surface area contributed by atoms with Crippen LogP contribution in [-0.4, -0.2) is 34.1 Å². The van der Waals surface area contributed by atoms with Gasteiger partial charge < -0.3 is 14.4 Å². The first-order valence-corrected chi connectivity index (χ1v) is 11.8. The molecule has 7 nitrogen and oxygen atoms in total. The molecule has 0 spiro atoms. The SMILES string of the molecule is O=C(c1cccs1)N1CCc2ccc(NS(=O)(=O)c3ccc4c(c3)OCCO4)cc21. The van der Waals surface area contributed by atoms with Crippen LogP contribution in [0.1, 0.15) is 15.2 Å². The topological polar surface area (TPSA) is 84.9 Å². The zero-order chi connectivity index (χ0) is 20.7. The lowest BCUT2D eigenvalue weighted by atomic mass is 10.1. The van der Waals surface area contributed by atoms with E-state index in [0.717, 1.165) is 17.7 Å². The van der Waals surface area contributed by atoms with Crippen molar-refractivity contribution in [1.82, 2.24) is 0 Å². The number of fused-ring (bicyclic) bond motifs is 2. The molecule has 0 unspecified atom stereocenters. The molecular weight excluding hydrogens is 424 g/mol. The maximum atomic E-state index is 12.9. The van der Waals surface area contributed by atoms with Gasteiger partial charge in [0.2, 0.25) is 0 Å². The van der Waals surface area contributed by atoms with E-state index >= 15 is 0 Å². The van der Waals surface area contributed by atoms with E-state index in [4.69, 9.17) is 9.47 Å². The van der Waals surface area contributed by atoms with Crippen LogP contribution in [-0.2, 0) is 16.4 Å². The Morgan fingerprint density at radius 3 is 2.67 bits per heavy atom. The minimum Gasteiger partial charge on any atom is -0.486 e. The fraction of sp³-hybridized carbons (Fsp3) is 0.190. The maximum absolute atomic E-state index is 12.9. The summed E-state index contributed by atoms with van der Waals surface area (Å²) in [4.78, 5) is 15.2. The van der Waals surface area contributed by atoms with E-state index < -0.39 is 10.0 Å². The molecule has 1 N–H and O–H groups in total. The Bertz CT molecular complexity index is 1220. The normalized spacial score (nSPS) is 15.0. The molecule has 0 bridgehead atoms. The smallest absolute Gasteiger partial charge is 0.268 e. The van der Waals surface area contributed by atoms with Crippen molar-refractivity contribution >= 4 is 38.6 Å². The van der Waals surface area contributed by atoms with Crippen LogP contribution in [0.3, 0.4) is 0 Å². The Morgan fingerprint density at radius 1 is 1.03 bits per heavy atom. The number of nitrogens with zero attached hydrogens (tertiary/aromatic N) is 1. The molecule has 1 aromatic heterocycles. The molecular formula is C21H18N2O5S2. The summed E-state index contributed by atoms with van der Waals surface area (Å²) in [6.07, 6.45) is 0.738. The number of thiophene rings is 1. The van der Waals surface area contributed by atoms with E-state index in [9.17, 15) is 13.2 Å². The van der Waals surface area contributed by atoms with Crippen molar-refractivity contribution in [3.8, 4) is 11.5 Å². The van der Waals surface area contributed by atoms with Gasteiger partial charge in [-0.05, 0) is 47.7 Å². The van der Waals surface area contributed by atoms with Crippen LogP contribution in [0.2, 0.25) is 0 Å². The zero-order valence-electron chi connectivity index (χ0n) is 15.8. The molecule has 2 aliphatic heterocycles. The second-order valence-corrected chi connectivity index (χ2v) is 9.57. The monoisotopic (exact) mass is 442 g/mol. The number of amides is 1. The number of carbonyl (C=O) groups is 1. The molecule has 3 aromatic rings. The molecule has 2 aliphatic rings. The number of anilines is 2. The van der Waals surface area contributed by atoms with E-state index in [2.05, 4.69) is 4.72 Å². The minimum absolute atomic E-state index is 0.0735. The van der Waals surface area contributed by atoms with Crippen LogP contribution in [0.15, 0.2) is 58.8 Å². The van der Waals surface area contributed by atoms with Crippen molar-refractivity contribution in [3.63, 3.8) is 0 Å². The first kappa shape index (κ1) is 19.0. The molecule has 154 valence electrons.